The predicted molar refractivity (Wildman–Crippen MR) is 69.8 cm³/mol. The first kappa shape index (κ1) is 11.7. The Hall–Kier alpha value is -1.77. The molecule has 0 saturated heterocycles. The molecule has 0 aliphatic heterocycles. The molecule has 3 heteroatoms. The number of H-pyrrole nitrogens is 1. The molecule has 0 spiro atoms. The van der Waals surface area contributed by atoms with Gasteiger partial charge in [-0.1, -0.05) is 13.0 Å². The molecule has 0 amide bonds. The van der Waals surface area contributed by atoms with Gasteiger partial charge in [-0.15, -0.1) is 0 Å². The van der Waals surface area contributed by atoms with Gasteiger partial charge in [0.1, 0.15) is 5.75 Å². The summed E-state index contributed by atoms with van der Waals surface area (Å²) in [5.41, 5.74) is 2.55. The lowest BCUT2D eigenvalue weighted by Crippen LogP contribution is -2.10. The maximum atomic E-state index is 12.1. The molecule has 1 aromatic carbocycles. The van der Waals surface area contributed by atoms with Gasteiger partial charge in [0.25, 0.3) is 0 Å². The van der Waals surface area contributed by atoms with Crippen LogP contribution in [0.5, 0.6) is 5.75 Å². The lowest BCUT2D eigenvalue weighted by atomic mass is 10.1. The molecule has 0 unspecified atom stereocenters. The summed E-state index contributed by atoms with van der Waals surface area (Å²) in [5, 5.41) is 0.696. The van der Waals surface area contributed by atoms with Crippen molar-refractivity contribution in [2.75, 3.05) is 6.61 Å². The average Bonchev–Trinajstić information content (AvgIpc) is 2.34. The summed E-state index contributed by atoms with van der Waals surface area (Å²) in [7, 11) is 0. The third-order valence-electron chi connectivity index (χ3n) is 2.95. The van der Waals surface area contributed by atoms with Crippen molar-refractivity contribution in [2.45, 2.75) is 27.2 Å². The molecule has 1 heterocycles. The molecule has 2 aromatic rings. The fourth-order valence-corrected chi connectivity index (χ4v) is 1.84. The van der Waals surface area contributed by atoms with Crippen LogP contribution in [-0.2, 0) is 0 Å². The fraction of sp³-hybridized carbons (Fsp3) is 0.357. The number of pyridine rings is 1. The first-order valence-electron chi connectivity index (χ1n) is 5.90. The van der Waals surface area contributed by atoms with Gasteiger partial charge in [-0.2, -0.15) is 0 Å². The predicted octanol–water partition coefficient (Wildman–Crippen LogP) is 2.93. The van der Waals surface area contributed by atoms with Crippen molar-refractivity contribution >= 4 is 10.9 Å². The number of nitrogens with one attached hydrogen (secondary N) is 1. The van der Waals surface area contributed by atoms with E-state index in [4.69, 9.17) is 4.74 Å². The lowest BCUT2D eigenvalue weighted by Gasteiger charge is -2.10. The van der Waals surface area contributed by atoms with Gasteiger partial charge >= 0.3 is 0 Å². The van der Waals surface area contributed by atoms with Crippen LogP contribution in [0.25, 0.3) is 10.9 Å². The molecule has 0 atom stereocenters. The number of hydrogen-bond donors (Lipinski definition) is 1. The Morgan fingerprint density at radius 2 is 2.06 bits per heavy atom. The molecule has 2 rings (SSSR count). The van der Waals surface area contributed by atoms with Gasteiger partial charge in [0.2, 0.25) is 0 Å². The second-order valence-electron chi connectivity index (χ2n) is 4.23. The van der Waals surface area contributed by atoms with Crippen LogP contribution in [0.3, 0.4) is 0 Å². The third-order valence-corrected chi connectivity index (χ3v) is 2.95. The number of rotatable bonds is 3. The van der Waals surface area contributed by atoms with E-state index < -0.39 is 0 Å². The summed E-state index contributed by atoms with van der Waals surface area (Å²) in [6.45, 7) is 6.47. The molecule has 3 nitrogen and oxygen atoms in total. The normalized spacial score (nSPS) is 10.8. The van der Waals surface area contributed by atoms with E-state index in [1.165, 1.54) is 0 Å². The number of aryl methyl sites for hydroxylation is 1. The SMILES string of the molecule is CCCOc1cccc2c(=O)c(C)c(C)[nH]c12. The van der Waals surface area contributed by atoms with Gasteiger partial charge in [-0.25, -0.2) is 0 Å². The van der Waals surface area contributed by atoms with Crippen LogP contribution >= 0.6 is 0 Å². The Morgan fingerprint density at radius 1 is 1.29 bits per heavy atom. The highest BCUT2D eigenvalue weighted by atomic mass is 16.5. The van der Waals surface area contributed by atoms with E-state index in [1.807, 2.05) is 32.0 Å². The third kappa shape index (κ3) is 2.05. The largest absolute Gasteiger partial charge is 0.491 e. The maximum absolute atomic E-state index is 12.1. The van der Waals surface area contributed by atoms with Crippen molar-refractivity contribution in [1.29, 1.82) is 0 Å². The Labute approximate surface area is 100 Å². The average molecular weight is 231 g/mol. The molecule has 1 N–H and O–H groups in total. The number of hydrogen-bond acceptors (Lipinski definition) is 2. The van der Waals surface area contributed by atoms with E-state index in [-0.39, 0.29) is 5.43 Å². The number of para-hydroxylation sites is 1. The summed E-state index contributed by atoms with van der Waals surface area (Å²) >= 11 is 0. The number of fused-ring (bicyclic) bond motifs is 1. The molecule has 0 aliphatic rings. The highest BCUT2D eigenvalue weighted by Gasteiger charge is 2.08. The van der Waals surface area contributed by atoms with Gasteiger partial charge < -0.3 is 9.72 Å². The van der Waals surface area contributed by atoms with E-state index >= 15 is 0 Å². The van der Waals surface area contributed by atoms with Crippen LogP contribution in [-0.4, -0.2) is 11.6 Å². The van der Waals surface area contributed by atoms with Gasteiger partial charge in [0.15, 0.2) is 5.43 Å². The van der Waals surface area contributed by atoms with Crippen LogP contribution in [0.1, 0.15) is 24.6 Å². The molecular weight excluding hydrogens is 214 g/mol. The van der Waals surface area contributed by atoms with E-state index in [0.29, 0.717) is 12.0 Å². The van der Waals surface area contributed by atoms with Crippen molar-refractivity contribution in [1.82, 2.24) is 4.98 Å². The Kier molecular flexibility index (Phi) is 3.18. The molecule has 0 radical (unpaired) electrons. The van der Waals surface area contributed by atoms with E-state index in [9.17, 15) is 4.79 Å². The van der Waals surface area contributed by atoms with E-state index in [1.54, 1.807) is 0 Å². The van der Waals surface area contributed by atoms with Crippen LogP contribution in [0, 0.1) is 13.8 Å². The van der Waals surface area contributed by atoms with E-state index in [0.717, 1.165) is 28.9 Å². The monoisotopic (exact) mass is 231 g/mol. The second-order valence-corrected chi connectivity index (χ2v) is 4.23. The van der Waals surface area contributed by atoms with Crippen molar-refractivity contribution in [3.8, 4) is 5.75 Å². The summed E-state index contributed by atoms with van der Waals surface area (Å²) in [5.74, 6) is 0.754. The van der Waals surface area contributed by atoms with Crippen molar-refractivity contribution < 1.29 is 4.74 Å². The van der Waals surface area contributed by atoms with Crippen LogP contribution in [0.2, 0.25) is 0 Å². The Morgan fingerprint density at radius 3 is 2.76 bits per heavy atom. The van der Waals surface area contributed by atoms with Crippen LogP contribution in [0.4, 0.5) is 0 Å². The number of ether oxygens (including phenoxy) is 1. The van der Waals surface area contributed by atoms with Crippen LogP contribution < -0.4 is 10.2 Å². The molecule has 0 aliphatic carbocycles. The molecule has 17 heavy (non-hydrogen) atoms. The summed E-state index contributed by atoms with van der Waals surface area (Å²) in [6, 6.07) is 5.58. The number of aromatic amines is 1. The lowest BCUT2D eigenvalue weighted by molar-refractivity contribution is 0.320. The molecule has 1 aromatic heterocycles. The Bertz CT molecular complexity index is 599. The fourth-order valence-electron chi connectivity index (χ4n) is 1.84. The second kappa shape index (κ2) is 4.62. The van der Waals surface area contributed by atoms with Gasteiger partial charge in [-0.3, -0.25) is 4.79 Å². The van der Waals surface area contributed by atoms with Crippen molar-refractivity contribution in [3.05, 3.63) is 39.7 Å². The highest BCUT2D eigenvalue weighted by Crippen LogP contribution is 2.22. The van der Waals surface area contributed by atoms with Gasteiger partial charge in [0.05, 0.1) is 12.1 Å². The number of benzene rings is 1. The minimum Gasteiger partial charge on any atom is -0.491 e. The first-order chi connectivity index (χ1) is 8.15. The smallest absolute Gasteiger partial charge is 0.192 e. The summed E-state index contributed by atoms with van der Waals surface area (Å²) in [4.78, 5) is 15.4. The molecule has 0 bridgehead atoms. The van der Waals surface area contributed by atoms with Crippen molar-refractivity contribution in [2.24, 2.45) is 0 Å². The van der Waals surface area contributed by atoms with Gasteiger partial charge in [0, 0.05) is 16.6 Å². The number of aromatic nitrogens is 1. The van der Waals surface area contributed by atoms with Crippen molar-refractivity contribution in [3.63, 3.8) is 0 Å². The summed E-state index contributed by atoms with van der Waals surface area (Å²) < 4.78 is 5.65. The maximum Gasteiger partial charge on any atom is 0.192 e. The van der Waals surface area contributed by atoms with Gasteiger partial charge in [-0.05, 0) is 32.4 Å². The molecule has 0 fully saturated rings. The Balaban J connectivity index is 2.68. The standard InChI is InChI=1S/C14H17NO2/c1-4-8-17-12-7-5-6-11-13(12)15-10(3)9(2)14(11)16/h5-7H,4,8H2,1-3H3,(H,15,16). The van der Waals surface area contributed by atoms with Crippen LogP contribution in [0.15, 0.2) is 23.0 Å². The zero-order valence-electron chi connectivity index (χ0n) is 10.5. The first-order valence-corrected chi connectivity index (χ1v) is 5.90. The van der Waals surface area contributed by atoms with E-state index in [2.05, 4.69) is 11.9 Å². The zero-order valence-corrected chi connectivity index (χ0v) is 10.5. The zero-order chi connectivity index (χ0) is 12.4. The molecule has 90 valence electrons. The minimum absolute atomic E-state index is 0.0817. The summed E-state index contributed by atoms with van der Waals surface area (Å²) in [6.07, 6.45) is 0.950. The molecule has 0 saturated carbocycles. The topological polar surface area (TPSA) is 42.1 Å². The highest BCUT2D eigenvalue weighted by molar-refractivity contribution is 5.85. The quantitative estimate of drug-likeness (QED) is 0.882. The molecular formula is C14H17NO2. The minimum atomic E-state index is 0.0817.